The molecule has 19 heavy (non-hydrogen) atoms. The molecule has 1 aliphatic rings. The number of hydrogen-bond acceptors (Lipinski definition) is 4. The van der Waals surface area contributed by atoms with E-state index in [1.54, 1.807) is 10.9 Å². The van der Waals surface area contributed by atoms with Crippen LogP contribution < -0.4 is 5.32 Å². The van der Waals surface area contributed by atoms with Crippen molar-refractivity contribution < 1.29 is 9.59 Å². The van der Waals surface area contributed by atoms with Crippen molar-refractivity contribution in [1.82, 2.24) is 20.0 Å². The second-order valence-corrected chi connectivity index (χ2v) is 4.90. The van der Waals surface area contributed by atoms with Crippen LogP contribution in [0.2, 0.25) is 0 Å². The van der Waals surface area contributed by atoms with Crippen LogP contribution in [0.4, 0.5) is 0 Å². The van der Waals surface area contributed by atoms with Crippen molar-refractivity contribution in [3.05, 3.63) is 17.5 Å². The van der Waals surface area contributed by atoms with E-state index in [2.05, 4.69) is 10.4 Å². The number of amides is 2. The molecule has 0 saturated carbocycles. The zero-order valence-electron chi connectivity index (χ0n) is 11.6. The van der Waals surface area contributed by atoms with Crippen molar-refractivity contribution in [3.8, 4) is 0 Å². The maximum Gasteiger partial charge on any atom is 0.246 e. The smallest absolute Gasteiger partial charge is 0.246 e. The minimum Gasteiger partial charge on any atom is -0.301 e. The number of rotatable bonds is 5. The molecule has 6 nitrogen and oxygen atoms in total. The average Bonchev–Trinajstić information content (AvgIpc) is 2.83. The number of hydrogen-bond donors (Lipinski definition) is 1. The Kier molecular flexibility index (Phi) is 3.99. The largest absolute Gasteiger partial charge is 0.301 e. The number of nitrogens with one attached hydrogen (secondary N) is 1. The summed E-state index contributed by atoms with van der Waals surface area (Å²) in [4.78, 5) is 25.1. The third kappa shape index (κ3) is 2.68. The first-order valence-corrected chi connectivity index (χ1v) is 6.59. The summed E-state index contributed by atoms with van der Waals surface area (Å²) in [5, 5.41) is 7.31. The fourth-order valence-electron chi connectivity index (χ4n) is 2.25. The van der Waals surface area contributed by atoms with Gasteiger partial charge < -0.3 is 5.32 Å². The van der Waals surface area contributed by atoms with Gasteiger partial charge >= 0.3 is 0 Å². The lowest BCUT2D eigenvalue weighted by Gasteiger charge is -2.14. The highest BCUT2D eigenvalue weighted by Gasteiger charge is 2.37. The van der Waals surface area contributed by atoms with E-state index in [1.165, 1.54) is 4.90 Å². The van der Waals surface area contributed by atoms with E-state index in [1.807, 2.05) is 20.9 Å². The highest BCUT2D eigenvalue weighted by molar-refractivity contribution is 6.05. The van der Waals surface area contributed by atoms with Gasteiger partial charge in [0.15, 0.2) is 0 Å². The Morgan fingerprint density at radius 2 is 2.21 bits per heavy atom. The first kappa shape index (κ1) is 13.7. The molecule has 1 aliphatic heterocycles. The van der Waals surface area contributed by atoms with E-state index in [0.29, 0.717) is 13.1 Å². The van der Waals surface area contributed by atoms with Crippen LogP contribution in [0.3, 0.4) is 0 Å². The van der Waals surface area contributed by atoms with E-state index in [4.69, 9.17) is 0 Å². The van der Waals surface area contributed by atoms with Crippen LogP contribution in [-0.2, 0) is 23.2 Å². The summed E-state index contributed by atoms with van der Waals surface area (Å²) in [7, 11) is 1.88. The van der Waals surface area contributed by atoms with Gasteiger partial charge in [-0.05, 0) is 13.3 Å². The molecular weight excluding hydrogens is 244 g/mol. The molecule has 0 bridgehead atoms. The molecule has 1 aromatic rings. The van der Waals surface area contributed by atoms with E-state index in [-0.39, 0.29) is 18.2 Å². The van der Waals surface area contributed by atoms with Crippen molar-refractivity contribution in [2.24, 2.45) is 7.05 Å². The summed E-state index contributed by atoms with van der Waals surface area (Å²) in [5.41, 5.74) is 2.12. The van der Waals surface area contributed by atoms with Crippen molar-refractivity contribution in [3.63, 3.8) is 0 Å². The monoisotopic (exact) mass is 264 g/mol. The molecule has 0 spiro atoms. The standard InChI is InChI=1S/C13H20N4O2/c1-4-5-17-12(18)6-11(13(17)19)14-7-10-8-15-16(3)9(10)2/h8,11,14H,4-7H2,1-3H3. The van der Waals surface area contributed by atoms with Gasteiger partial charge in [0.25, 0.3) is 0 Å². The van der Waals surface area contributed by atoms with Crippen molar-refractivity contribution in [2.75, 3.05) is 6.54 Å². The number of nitrogens with zero attached hydrogens (tertiary/aromatic N) is 3. The molecule has 1 N–H and O–H groups in total. The molecule has 2 heterocycles. The van der Waals surface area contributed by atoms with Gasteiger partial charge in [0, 0.05) is 31.4 Å². The van der Waals surface area contributed by atoms with Gasteiger partial charge in [0.05, 0.1) is 18.7 Å². The lowest BCUT2D eigenvalue weighted by atomic mass is 10.2. The van der Waals surface area contributed by atoms with Crippen LogP contribution in [-0.4, -0.2) is 39.1 Å². The summed E-state index contributed by atoms with van der Waals surface area (Å²) in [6, 6.07) is -0.390. The molecule has 1 aromatic heterocycles. The Bertz CT molecular complexity index is 495. The summed E-state index contributed by atoms with van der Waals surface area (Å²) in [6.07, 6.45) is 2.84. The number of carbonyl (C=O) groups is 2. The van der Waals surface area contributed by atoms with Crippen LogP contribution in [0.15, 0.2) is 6.20 Å². The van der Waals surface area contributed by atoms with Crippen LogP contribution in [0.1, 0.15) is 31.0 Å². The maximum atomic E-state index is 12.0. The zero-order chi connectivity index (χ0) is 14.0. The number of carbonyl (C=O) groups excluding carboxylic acids is 2. The predicted molar refractivity (Wildman–Crippen MR) is 70.2 cm³/mol. The Balaban J connectivity index is 1.96. The Hall–Kier alpha value is -1.69. The van der Waals surface area contributed by atoms with Gasteiger partial charge in [0.2, 0.25) is 11.8 Å². The first-order chi connectivity index (χ1) is 9.04. The predicted octanol–water partition coefficient (Wildman–Crippen LogP) is 0.356. The first-order valence-electron chi connectivity index (χ1n) is 6.59. The van der Waals surface area contributed by atoms with Gasteiger partial charge in [0.1, 0.15) is 0 Å². The van der Waals surface area contributed by atoms with Crippen LogP contribution in [0, 0.1) is 6.92 Å². The van der Waals surface area contributed by atoms with Crippen molar-refractivity contribution in [1.29, 1.82) is 0 Å². The Morgan fingerprint density at radius 3 is 2.79 bits per heavy atom. The van der Waals surface area contributed by atoms with Crippen molar-refractivity contribution in [2.45, 2.75) is 39.3 Å². The second-order valence-electron chi connectivity index (χ2n) is 4.90. The number of likely N-dealkylation sites (tertiary alicyclic amines) is 1. The summed E-state index contributed by atoms with van der Waals surface area (Å²) >= 11 is 0. The molecule has 0 radical (unpaired) electrons. The molecule has 2 rings (SSSR count). The van der Waals surface area contributed by atoms with Crippen LogP contribution >= 0.6 is 0 Å². The van der Waals surface area contributed by atoms with Crippen LogP contribution in [0.5, 0.6) is 0 Å². The molecule has 0 aromatic carbocycles. The minimum absolute atomic E-state index is 0.0766. The third-order valence-corrected chi connectivity index (χ3v) is 3.57. The van der Waals surface area contributed by atoms with Gasteiger partial charge in [-0.25, -0.2) is 0 Å². The molecule has 1 saturated heterocycles. The van der Waals surface area contributed by atoms with E-state index >= 15 is 0 Å². The molecular formula is C13H20N4O2. The lowest BCUT2D eigenvalue weighted by Crippen LogP contribution is -2.38. The maximum absolute atomic E-state index is 12.0. The summed E-state index contributed by atoms with van der Waals surface area (Å²) in [6.45, 7) is 5.01. The van der Waals surface area contributed by atoms with E-state index in [0.717, 1.165) is 17.7 Å². The fraction of sp³-hybridized carbons (Fsp3) is 0.615. The normalized spacial score (nSPS) is 19.5. The summed E-state index contributed by atoms with van der Waals surface area (Å²) in [5.74, 6) is -0.180. The Labute approximate surface area is 112 Å². The highest BCUT2D eigenvalue weighted by Crippen LogP contribution is 2.14. The SMILES string of the molecule is CCCN1C(=O)CC(NCc2cnn(C)c2C)C1=O. The van der Waals surface area contributed by atoms with Gasteiger partial charge in [-0.3, -0.25) is 19.2 Å². The van der Waals surface area contributed by atoms with E-state index < -0.39 is 6.04 Å². The topological polar surface area (TPSA) is 67.2 Å². The quantitative estimate of drug-likeness (QED) is 0.780. The number of aromatic nitrogens is 2. The lowest BCUT2D eigenvalue weighted by molar-refractivity contribution is -0.138. The minimum atomic E-state index is -0.390. The molecule has 6 heteroatoms. The number of imide groups is 1. The molecule has 2 amide bonds. The fourth-order valence-corrected chi connectivity index (χ4v) is 2.25. The van der Waals surface area contributed by atoms with Gasteiger partial charge in [-0.2, -0.15) is 5.10 Å². The van der Waals surface area contributed by atoms with Gasteiger partial charge in [-0.1, -0.05) is 6.92 Å². The third-order valence-electron chi connectivity index (χ3n) is 3.57. The Morgan fingerprint density at radius 1 is 1.47 bits per heavy atom. The number of aryl methyl sites for hydroxylation is 1. The van der Waals surface area contributed by atoms with E-state index in [9.17, 15) is 9.59 Å². The van der Waals surface area contributed by atoms with Crippen LogP contribution in [0.25, 0.3) is 0 Å². The molecule has 0 aliphatic carbocycles. The average molecular weight is 264 g/mol. The molecule has 104 valence electrons. The summed E-state index contributed by atoms with van der Waals surface area (Å²) < 4.78 is 1.79. The zero-order valence-corrected chi connectivity index (χ0v) is 11.6. The highest BCUT2D eigenvalue weighted by atomic mass is 16.2. The molecule has 1 fully saturated rings. The molecule has 1 atom stereocenters. The van der Waals surface area contributed by atoms with Gasteiger partial charge in [-0.15, -0.1) is 0 Å². The van der Waals surface area contributed by atoms with Crippen molar-refractivity contribution >= 4 is 11.8 Å². The molecule has 1 unspecified atom stereocenters. The second kappa shape index (κ2) is 5.52.